The summed E-state index contributed by atoms with van der Waals surface area (Å²) in [4.78, 5) is 0. The minimum Gasteiger partial charge on any atom is -0.396 e. The average molecular weight is 236 g/mol. The van der Waals surface area contributed by atoms with Gasteiger partial charge in [-0.2, -0.15) is 0 Å². The van der Waals surface area contributed by atoms with E-state index in [1.54, 1.807) is 11.1 Å². The number of rotatable bonds is 5. The van der Waals surface area contributed by atoms with Crippen LogP contribution in [-0.4, -0.2) is 11.7 Å². The van der Waals surface area contributed by atoms with Crippen LogP contribution in [0.25, 0.3) is 0 Å². The van der Waals surface area contributed by atoms with E-state index in [2.05, 4.69) is 33.8 Å². The fourth-order valence-electron chi connectivity index (χ4n) is 2.96. The number of allylic oxidation sites excluding steroid dienone is 3. The number of aliphatic hydroxyl groups is 1. The van der Waals surface area contributed by atoms with Gasteiger partial charge in [0.15, 0.2) is 0 Å². The van der Waals surface area contributed by atoms with Gasteiger partial charge in [-0.15, -0.1) is 0 Å². The van der Waals surface area contributed by atoms with Crippen molar-refractivity contribution in [1.29, 1.82) is 0 Å². The van der Waals surface area contributed by atoms with Gasteiger partial charge in [-0.25, -0.2) is 0 Å². The van der Waals surface area contributed by atoms with E-state index >= 15 is 0 Å². The Labute approximate surface area is 107 Å². The predicted octanol–water partition coefficient (Wildman–Crippen LogP) is 4.62. The van der Waals surface area contributed by atoms with Crippen molar-refractivity contribution >= 4 is 0 Å². The molecule has 1 N–H and O–H groups in total. The van der Waals surface area contributed by atoms with Crippen molar-refractivity contribution in [1.82, 2.24) is 0 Å². The summed E-state index contributed by atoms with van der Waals surface area (Å²) in [5, 5.41) is 8.80. The minimum absolute atomic E-state index is 0.268. The molecular formula is C16H28O. The van der Waals surface area contributed by atoms with Crippen molar-refractivity contribution in [2.24, 2.45) is 5.41 Å². The molecule has 1 rings (SSSR count). The molecule has 1 aliphatic carbocycles. The molecule has 98 valence electrons. The van der Waals surface area contributed by atoms with Crippen molar-refractivity contribution in [3.63, 3.8) is 0 Å². The molecule has 0 aromatic heterocycles. The lowest BCUT2D eigenvalue weighted by molar-refractivity contribution is 0.302. The van der Waals surface area contributed by atoms with E-state index < -0.39 is 0 Å². The third-order valence-electron chi connectivity index (χ3n) is 4.08. The first-order valence-electron chi connectivity index (χ1n) is 6.93. The molecule has 0 amide bonds. The first-order chi connectivity index (χ1) is 7.97. The van der Waals surface area contributed by atoms with Gasteiger partial charge in [-0.3, -0.25) is 0 Å². The Kier molecular flexibility index (Phi) is 5.45. The maximum absolute atomic E-state index is 8.80. The molecule has 1 nitrogen and oxygen atoms in total. The predicted molar refractivity (Wildman–Crippen MR) is 75.0 cm³/mol. The third kappa shape index (κ3) is 4.31. The van der Waals surface area contributed by atoms with Crippen LogP contribution >= 0.6 is 0 Å². The first kappa shape index (κ1) is 14.5. The quantitative estimate of drug-likeness (QED) is 0.690. The van der Waals surface area contributed by atoms with Gasteiger partial charge in [-0.1, -0.05) is 36.6 Å². The van der Waals surface area contributed by atoms with Crippen molar-refractivity contribution in [3.8, 4) is 0 Å². The zero-order valence-electron chi connectivity index (χ0n) is 12.0. The molecule has 0 bridgehead atoms. The first-order valence-corrected chi connectivity index (χ1v) is 6.93. The highest BCUT2D eigenvalue weighted by Crippen LogP contribution is 2.42. The molecule has 0 aliphatic heterocycles. The maximum Gasteiger partial charge on any atom is 0.0465 e. The van der Waals surface area contributed by atoms with E-state index in [0.717, 1.165) is 12.8 Å². The molecule has 0 saturated heterocycles. The normalized spacial score (nSPS) is 20.9. The summed E-state index contributed by atoms with van der Waals surface area (Å²) < 4.78 is 0. The minimum atomic E-state index is 0.268. The van der Waals surface area contributed by atoms with Crippen LogP contribution in [-0.2, 0) is 0 Å². The Bertz CT molecular complexity index is 307. The SMILES string of the molecule is CC1=C(CC/C(C)=C\CCO)C(C)(C)CCC1. The standard InChI is InChI=1S/C16H28O/c1-13(7-6-12-17)9-10-15-14(2)8-5-11-16(15,3)4/h7,17H,5-6,8-12H2,1-4H3/b13-7-. The Hall–Kier alpha value is -0.560. The van der Waals surface area contributed by atoms with Crippen LogP contribution in [0.15, 0.2) is 22.8 Å². The fraction of sp³-hybridized carbons (Fsp3) is 0.750. The Morgan fingerprint density at radius 2 is 2.12 bits per heavy atom. The second-order valence-corrected chi connectivity index (χ2v) is 6.06. The average Bonchev–Trinajstić information content (AvgIpc) is 2.24. The summed E-state index contributed by atoms with van der Waals surface area (Å²) in [5.74, 6) is 0. The maximum atomic E-state index is 8.80. The summed E-state index contributed by atoms with van der Waals surface area (Å²) in [7, 11) is 0. The molecule has 0 heterocycles. The van der Waals surface area contributed by atoms with E-state index in [9.17, 15) is 0 Å². The summed E-state index contributed by atoms with van der Waals surface area (Å²) in [6.07, 6.45) is 9.29. The lowest BCUT2D eigenvalue weighted by atomic mass is 9.71. The van der Waals surface area contributed by atoms with Gasteiger partial charge in [0.2, 0.25) is 0 Å². The fourth-order valence-corrected chi connectivity index (χ4v) is 2.96. The van der Waals surface area contributed by atoms with Crippen LogP contribution in [0.5, 0.6) is 0 Å². The molecule has 0 aromatic carbocycles. The number of aliphatic hydroxyl groups excluding tert-OH is 1. The molecule has 0 unspecified atom stereocenters. The van der Waals surface area contributed by atoms with E-state index in [-0.39, 0.29) is 6.61 Å². The molecule has 1 aliphatic rings. The van der Waals surface area contributed by atoms with Crippen LogP contribution in [0.1, 0.15) is 66.2 Å². The van der Waals surface area contributed by atoms with Gasteiger partial charge < -0.3 is 5.11 Å². The summed E-state index contributed by atoms with van der Waals surface area (Å²) >= 11 is 0. The Morgan fingerprint density at radius 3 is 2.71 bits per heavy atom. The third-order valence-corrected chi connectivity index (χ3v) is 4.08. The summed E-state index contributed by atoms with van der Waals surface area (Å²) in [6, 6.07) is 0. The zero-order chi connectivity index (χ0) is 12.9. The molecular weight excluding hydrogens is 208 g/mol. The molecule has 0 aromatic rings. The molecule has 0 radical (unpaired) electrons. The van der Waals surface area contributed by atoms with Gasteiger partial charge in [0.25, 0.3) is 0 Å². The van der Waals surface area contributed by atoms with Crippen LogP contribution in [0.2, 0.25) is 0 Å². The lowest BCUT2D eigenvalue weighted by Crippen LogP contribution is -2.20. The van der Waals surface area contributed by atoms with Crippen LogP contribution in [0.4, 0.5) is 0 Å². The molecule has 0 fully saturated rings. The van der Waals surface area contributed by atoms with Gasteiger partial charge in [0, 0.05) is 6.61 Å². The van der Waals surface area contributed by atoms with Gasteiger partial charge >= 0.3 is 0 Å². The monoisotopic (exact) mass is 236 g/mol. The highest BCUT2D eigenvalue weighted by Gasteiger charge is 2.27. The van der Waals surface area contributed by atoms with Gasteiger partial charge in [0.05, 0.1) is 0 Å². The van der Waals surface area contributed by atoms with E-state index in [1.165, 1.54) is 31.3 Å². The molecule has 0 spiro atoms. The smallest absolute Gasteiger partial charge is 0.0465 e. The van der Waals surface area contributed by atoms with Crippen molar-refractivity contribution in [2.75, 3.05) is 6.61 Å². The second-order valence-electron chi connectivity index (χ2n) is 6.06. The highest BCUT2D eigenvalue weighted by atomic mass is 16.2. The molecule has 17 heavy (non-hydrogen) atoms. The number of hydrogen-bond acceptors (Lipinski definition) is 1. The topological polar surface area (TPSA) is 20.2 Å². The van der Waals surface area contributed by atoms with Crippen molar-refractivity contribution < 1.29 is 5.11 Å². The molecule has 0 atom stereocenters. The lowest BCUT2D eigenvalue weighted by Gasteiger charge is -2.34. The Balaban J connectivity index is 2.61. The largest absolute Gasteiger partial charge is 0.396 e. The van der Waals surface area contributed by atoms with Crippen LogP contribution in [0, 0.1) is 5.41 Å². The number of hydrogen-bond donors (Lipinski definition) is 1. The Morgan fingerprint density at radius 1 is 1.41 bits per heavy atom. The van der Waals surface area contributed by atoms with Crippen molar-refractivity contribution in [3.05, 3.63) is 22.8 Å². The summed E-state index contributed by atoms with van der Waals surface area (Å²) in [6.45, 7) is 9.53. The van der Waals surface area contributed by atoms with E-state index in [1.807, 2.05) is 0 Å². The highest BCUT2D eigenvalue weighted by molar-refractivity contribution is 5.23. The van der Waals surface area contributed by atoms with Crippen LogP contribution < -0.4 is 0 Å². The second kappa shape index (κ2) is 6.39. The van der Waals surface area contributed by atoms with Crippen LogP contribution in [0.3, 0.4) is 0 Å². The molecule has 1 heteroatoms. The van der Waals surface area contributed by atoms with Gasteiger partial charge in [0.1, 0.15) is 0 Å². The van der Waals surface area contributed by atoms with E-state index in [0.29, 0.717) is 5.41 Å². The van der Waals surface area contributed by atoms with Gasteiger partial charge in [-0.05, 0) is 57.8 Å². The summed E-state index contributed by atoms with van der Waals surface area (Å²) in [5.41, 5.74) is 5.12. The molecule has 0 saturated carbocycles. The van der Waals surface area contributed by atoms with Crippen molar-refractivity contribution in [2.45, 2.75) is 66.2 Å². The zero-order valence-corrected chi connectivity index (χ0v) is 12.0. The van der Waals surface area contributed by atoms with E-state index in [4.69, 9.17) is 5.11 Å².